The molecule has 0 saturated carbocycles. The summed E-state index contributed by atoms with van der Waals surface area (Å²) >= 11 is 0. The van der Waals surface area contributed by atoms with Crippen molar-refractivity contribution in [1.82, 2.24) is 0 Å². The summed E-state index contributed by atoms with van der Waals surface area (Å²) in [6.07, 6.45) is 3.09. The highest BCUT2D eigenvalue weighted by Gasteiger charge is 2.37. The van der Waals surface area contributed by atoms with Gasteiger partial charge >= 0.3 is 6.18 Å². The molecule has 2 aromatic rings. The summed E-state index contributed by atoms with van der Waals surface area (Å²) in [4.78, 5) is 0. The molecule has 0 spiro atoms. The lowest BCUT2D eigenvalue weighted by Gasteiger charge is -2.19. The zero-order chi connectivity index (χ0) is 16.7. The van der Waals surface area contributed by atoms with E-state index < -0.39 is 11.7 Å². The smallest absolute Gasteiger partial charge is 0.166 e. The van der Waals surface area contributed by atoms with Gasteiger partial charge in [0.1, 0.15) is 0 Å². The summed E-state index contributed by atoms with van der Waals surface area (Å²) in [7, 11) is 0. The molecule has 2 aliphatic rings. The third kappa shape index (κ3) is 2.56. The molecule has 2 aromatic carbocycles. The van der Waals surface area contributed by atoms with Crippen molar-refractivity contribution in [3.8, 4) is 11.1 Å². The molecule has 4 rings (SSSR count). The third-order valence-electron chi connectivity index (χ3n) is 5.16. The lowest BCUT2D eigenvalue weighted by atomic mass is 9.88. The van der Waals surface area contributed by atoms with Crippen molar-refractivity contribution in [2.45, 2.75) is 44.7 Å². The lowest BCUT2D eigenvalue weighted by molar-refractivity contribution is -0.137. The van der Waals surface area contributed by atoms with Gasteiger partial charge in [0.25, 0.3) is 0 Å². The average molecular weight is 328 g/mol. The van der Waals surface area contributed by atoms with E-state index >= 15 is 0 Å². The van der Waals surface area contributed by atoms with Crippen molar-refractivity contribution in [3.05, 3.63) is 64.7 Å². The first-order chi connectivity index (χ1) is 11.6. The summed E-state index contributed by atoms with van der Waals surface area (Å²) in [5, 5.41) is 0. The van der Waals surface area contributed by atoms with Crippen LogP contribution in [0.2, 0.25) is 0 Å². The molecule has 0 fully saturated rings. The van der Waals surface area contributed by atoms with Gasteiger partial charge in [0, 0.05) is 0 Å². The van der Waals surface area contributed by atoms with E-state index in [2.05, 4.69) is 0 Å². The Balaban J connectivity index is 1.94. The average Bonchev–Trinajstić information content (AvgIpc) is 2.73. The third-order valence-corrected chi connectivity index (χ3v) is 5.16. The van der Waals surface area contributed by atoms with Gasteiger partial charge in [-0.2, -0.15) is 13.2 Å². The van der Waals surface area contributed by atoms with Gasteiger partial charge < -0.3 is 0 Å². The lowest BCUT2D eigenvalue weighted by Crippen LogP contribution is -2.11. The number of hydrogen-bond acceptors (Lipinski definition) is 0. The van der Waals surface area contributed by atoms with Crippen LogP contribution in [0.15, 0.2) is 42.5 Å². The molecule has 0 unspecified atom stereocenters. The normalized spacial score (nSPS) is 17.0. The quantitative estimate of drug-likeness (QED) is 0.470. The highest BCUT2D eigenvalue weighted by atomic mass is 19.4. The van der Waals surface area contributed by atoms with Crippen LogP contribution in [0.3, 0.4) is 0 Å². The molecule has 0 aromatic heterocycles. The maximum Gasteiger partial charge on any atom is 0.417 e. The van der Waals surface area contributed by atoms with E-state index in [1.54, 1.807) is 6.07 Å². The minimum atomic E-state index is -4.31. The second-order valence-electron chi connectivity index (χ2n) is 6.67. The van der Waals surface area contributed by atoms with Gasteiger partial charge in [-0.15, -0.1) is 0 Å². The Morgan fingerprint density at radius 1 is 0.833 bits per heavy atom. The SMILES string of the molecule is FC(F)(F)c1ccc2c(c1C1=CCCCCC1)Cc1ccccc1-2. The Morgan fingerprint density at radius 2 is 1.67 bits per heavy atom. The highest BCUT2D eigenvalue weighted by Crippen LogP contribution is 2.46. The summed E-state index contributed by atoms with van der Waals surface area (Å²) in [5.74, 6) is 0. The number of fused-ring (bicyclic) bond motifs is 3. The molecule has 2 aliphatic carbocycles. The highest BCUT2D eigenvalue weighted by molar-refractivity contribution is 5.85. The maximum absolute atomic E-state index is 13.7. The molecule has 0 heterocycles. The molecule has 0 radical (unpaired) electrons. The van der Waals surface area contributed by atoms with E-state index in [1.807, 2.05) is 30.3 Å². The van der Waals surface area contributed by atoms with E-state index in [0.29, 0.717) is 12.0 Å². The van der Waals surface area contributed by atoms with Crippen molar-refractivity contribution >= 4 is 5.57 Å². The van der Waals surface area contributed by atoms with Crippen LogP contribution in [0.5, 0.6) is 0 Å². The second kappa shape index (κ2) is 5.80. The van der Waals surface area contributed by atoms with Gasteiger partial charge in [-0.25, -0.2) is 0 Å². The van der Waals surface area contributed by atoms with Gasteiger partial charge in [-0.3, -0.25) is 0 Å². The second-order valence-corrected chi connectivity index (χ2v) is 6.67. The molecule has 0 saturated heterocycles. The van der Waals surface area contributed by atoms with Gasteiger partial charge in [-0.05, 0) is 71.6 Å². The molecular formula is C21H19F3. The molecule has 3 heteroatoms. The van der Waals surface area contributed by atoms with Crippen molar-refractivity contribution in [2.24, 2.45) is 0 Å². The summed E-state index contributed by atoms with van der Waals surface area (Å²) < 4.78 is 41.0. The minimum absolute atomic E-state index is 0.457. The van der Waals surface area contributed by atoms with Crippen molar-refractivity contribution in [1.29, 1.82) is 0 Å². The first kappa shape index (κ1) is 15.5. The first-order valence-electron chi connectivity index (χ1n) is 8.56. The van der Waals surface area contributed by atoms with Crippen molar-refractivity contribution < 1.29 is 13.2 Å². The van der Waals surface area contributed by atoms with E-state index in [0.717, 1.165) is 59.9 Å². The Kier molecular flexibility index (Phi) is 3.75. The number of hydrogen-bond donors (Lipinski definition) is 0. The van der Waals surface area contributed by atoms with Crippen LogP contribution in [-0.4, -0.2) is 0 Å². The predicted octanol–water partition coefficient (Wildman–Crippen LogP) is 6.62. The van der Waals surface area contributed by atoms with Crippen molar-refractivity contribution in [2.75, 3.05) is 0 Å². The van der Waals surface area contributed by atoms with E-state index in [-0.39, 0.29) is 0 Å². The number of allylic oxidation sites excluding steroid dienone is 2. The fraction of sp³-hybridized carbons (Fsp3) is 0.333. The van der Waals surface area contributed by atoms with E-state index in [9.17, 15) is 13.2 Å². The standard InChI is InChI=1S/C21H19F3/c22-21(23,24)19-12-11-17-16-10-6-5-9-15(16)13-18(17)20(19)14-7-3-1-2-4-8-14/h5-7,9-12H,1-4,8,13H2. The Labute approximate surface area is 140 Å². The van der Waals surface area contributed by atoms with Crippen LogP contribution in [0, 0.1) is 0 Å². The topological polar surface area (TPSA) is 0 Å². The van der Waals surface area contributed by atoms with Gasteiger partial charge in [0.2, 0.25) is 0 Å². The van der Waals surface area contributed by atoms with Crippen LogP contribution in [0.4, 0.5) is 13.2 Å². The number of benzene rings is 2. The maximum atomic E-state index is 13.7. The van der Waals surface area contributed by atoms with Crippen LogP contribution in [-0.2, 0) is 12.6 Å². The minimum Gasteiger partial charge on any atom is -0.166 e. The molecular weight excluding hydrogens is 309 g/mol. The van der Waals surface area contributed by atoms with Gasteiger partial charge in [0.05, 0.1) is 5.56 Å². The molecule has 0 nitrogen and oxygen atoms in total. The number of rotatable bonds is 1. The largest absolute Gasteiger partial charge is 0.417 e. The molecule has 124 valence electrons. The molecule has 24 heavy (non-hydrogen) atoms. The van der Waals surface area contributed by atoms with Gasteiger partial charge in [-0.1, -0.05) is 42.8 Å². The Hall–Kier alpha value is -2.03. The first-order valence-corrected chi connectivity index (χ1v) is 8.56. The molecule has 0 aliphatic heterocycles. The molecule has 0 amide bonds. The fourth-order valence-electron chi connectivity index (χ4n) is 4.06. The zero-order valence-electron chi connectivity index (χ0n) is 13.4. The number of alkyl halides is 3. The monoisotopic (exact) mass is 328 g/mol. The summed E-state index contributed by atoms with van der Waals surface area (Å²) in [6.45, 7) is 0. The summed E-state index contributed by atoms with van der Waals surface area (Å²) in [5.41, 5.74) is 4.92. The van der Waals surface area contributed by atoms with Crippen LogP contribution in [0.25, 0.3) is 16.7 Å². The molecule has 0 N–H and O–H groups in total. The van der Waals surface area contributed by atoms with E-state index in [4.69, 9.17) is 0 Å². The van der Waals surface area contributed by atoms with E-state index in [1.165, 1.54) is 6.07 Å². The zero-order valence-corrected chi connectivity index (χ0v) is 13.4. The Morgan fingerprint density at radius 3 is 2.50 bits per heavy atom. The van der Waals surface area contributed by atoms with Crippen molar-refractivity contribution in [3.63, 3.8) is 0 Å². The predicted molar refractivity (Wildman–Crippen MR) is 90.7 cm³/mol. The molecule has 0 bridgehead atoms. The molecule has 0 atom stereocenters. The summed E-state index contributed by atoms with van der Waals surface area (Å²) in [6, 6.07) is 10.9. The fourth-order valence-corrected chi connectivity index (χ4v) is 4.06. The van der Waals surface area contributed by atoms with Crippen LogP contribution >= 0.6 is 0 Å². The number of halogens is 3. The van der Waals surface area contributed by atoms with Crippen LogP contribution in [0.1, 0.15) is 54.4 Å². The van der Waals surface area contributed by atoms with Gasteiger partial charge in [0.15, 0.2) is 0 Å². The van der Waals surface area contributed by atoms with Crippen LogP contribution < -0.4 is 0 Å². The Bertz CT molecular complexity index is 812.